The monoisotopic (exact) mass is 106 g/mol. The highest BCUT2D eigenvalue weighted by molar-refractivity contribution is 7.92. The summed E-state index contributed by atoms with van der Waals surface area (Å²) >= 11 is 0. The third-order valence-corrected chi connectivity index (χ3v) is 1.21. The van der Waals surface area contributed by atoms with Crippen LogP contribution in [0.1, 0.15) is 6.92 Å². The molecule has 0 aromatic heterocycles. The average molecular weight is 106 g/mol. The van der Waals surface area contributed by atoms with Crippen molar-refractivity contribution in [3.8, 4) is 0 Å². The van der Waals surface area contributed by atoms with Gasteiger partial charge in [0.05, 0.1) is 6.26 Å². The Balaban J connectivity index is 3.85. The molecule has 36 valence electrons. The molecule has 0 N–H and O–H groups in total. The van der Waals surface area contributed by atoms with Crippen LogP contribution in [0.15, 0.2) is 0 Å². The Morgan fingerprint density at radius 2 is 1.83 bits per heavy atom. The summed E-state index contributed by atoms with van der Waals surface area (Å²) in [5.41, 5.74) is 0. The molecule has 0 bridgehead atoms. The van der Waals surface area contributed by atoms with Crippen molar-refractivity contribution in [2.45, 2.75) is 6.92 Å². The normalized spacial score (nSPS) is 11.7. The van der Waals surface area contributed by atoms with Crippen LogP contribution in [0.4, 0.5) is 0 Å². The summed E-state index contributed by atoms with van der Waals surface area (Å²) in [5, 5.41) is 0. The van der Waals surface area contributed by atoms with Crippen LogP contribution in [0.2, 0.25) is 0 Å². The number of rotatable bonds is 1. The van der Waals surface area contributed by atoms with Gasteiger partial charge in [-0.15, -0.1) is 0 Å². The fourth-order valence-corrected chi connectivity index (χ4v) is 0. The molecule has 2 nitrogen and oxygen atoms in total. The first-order valence-electron chi connectivity index (χ1n) is 1.56. The maximum Gasteiger partial charge on any atom is 0.155 e. The van der Waals surface area contributed by atoms with Crippen molar-refractivity contribution in [1.29, 1.82) is 0 Å². The molecule has 0 aliphatic rings. The van der Waals surface area contributed by atoms with Gasteiger partial charge in [0.15, 0.2) is 9.84 Å². The van der Waals surface area contributed by atoms with E-state index in [-0.39, 0.29) is 5.75 Å². The van der Waals surface area contributed by atoms with E-state index in [0.29, 0.717) is 0 Å². The summed E-state index contributed by atoms with van der Waals surface area (Å²) in [6.07, 6.45) is 4.51. The van der Waals surface area contributed by atoms with E-state index in [9.17, 15) is 8.42 Å². The van der Waals surface area contributed by atoms with Gasteiger partial charge in [-0.2, -0.15) is 0 Å². The SMILES string of the molecule is [CH]S(=O)(=O)CC. The Bertz CT molecular complexity index is 111. The third-order valence-electron chi connectivity index (χ3n) is 0.402. The van der Waals surface area contributed by atoms with Crippen LogP contribution in [0, 0.1) is 6.26 Å². The van der Waals surface area contributed by atoms with Crippen LogP contribution < -0.4 is 0 Å². The molecule has 3 heteroatoms. The molecule has 0 aliphatic heterocycles. The molecule has 0 heterocycles. The molecule has 0 aliphatic carbocycles. The Hall–Kier alpha value is -0.0500. The zero-order valence-electron chi connectivity index (χ0n) is 3.51. The smallest absolute Gasteiger partial charge is 0.155 e. The van der Waals surface area contributed by atoms with Gasteiger partial charge in [0.1, 0.15) is 0 Å². The van der Waals surface area contributed by atoms with Crippen LogP contribution >= 0.6 is 0 Å². The molecule has 2 radical (unpaired) electrons. The minimum absolute atomic E-state index is 0.0208. The van der Waals surface area contributed by atoms with E-state index in [2.05, 4.69) is 6.26 Å². The fraction of sp³-hybridized carbons (Fsp3) is 0.667. The first-order valence-corrected chi connectivity index (χ1v) is 3.28. The maximum absolute atomic E-state index is 9.78. The van der Waals surface area contributed by atoms with E-state index in [1.807, 2.05) is 0 Å². The van der Waals surface area contributed by atoms with Crippen LogP contribution in [0.3, 0.4) is 0 Å². The van der Waals surface area contributed by atoms with Crippen LogP contribution in [-0.4, -0.2) is 14.2 Å². The van der Waals surface area contributed by atoms with Crippen molar-refractivity contribution in [1.82, 2.24) is 0 Å². The van der Waals surface area contributed by atoms with Gasteiger partial charge >= 0.3 is 0 Å². The second-order valence-electron chi connectivity index (χ2n) is 0.952. The molecule has 0 saturated heterocycles. The molecule has 0 fully saturated rings. The highest BCUT2D eigenvalue weighted by Gasteiger charge is 1.91. The maximum atomic E-state index is 9.78. The number of sulfone groups is 1. The van der Waals surface area contributed by atoms with E-state index in [1.165, 1.54) is 6.92 Å². The second-order valence-corrected chi connectivity index (χ2v) is 2.85. The van der Waals surface area contributed by atoms with Gasteiger partial charge in [-0.25, -0.2) is 8.42 Å². The van der Waals surface area contributed by atoms with Crippen LogP contribution in [0.25, 0.3) is 0 Å². The molecule has 0 saturated carbocycles. The lowest BCUT2D eigenvalue weighted by Gasteiger charge is -1.80. The van der Waals surface area contributed by atoms with Gasteiger partial charge in [0.25, 0.3) is 0 Å². The Morgan fingerprint density at radius 1 is 1.67 bits per heavy atom. The van der Waals surface area contributed by atoms with Crippen LogP contribution in [-0.2, 0) is 9.84 Å². The topological polar surface area (TPSA) is 34.1 Å². The molecule has 0 aromatic carbocycles. The molecule has 0 aromatic rings. The fourth-order valence-electron chi connectivity index (χ4n) is 0. The minimum Gasteiger partial charge on any atom is -0.228 e. The van der Waals surface area contributed by atoms with Crippen LogP contribution in [0.5, 0.6) is 0 Å². The lowest BCUT2D eigenvalue weighted by atomic mass is 11.0. The summed E-state index contributed by atoms with van der Waals surface area (Å²) < 4.78 is 19.6. The molecule has 0 amide bonds. The minimum atomic E-state index is -3.16. The Morgan fingerprint density at radius 3 is 1.83 bits per heavy atom. The largest absolute Gasteiger partial charge is 0.228 e. The van der Waals surface area contributed by atoms with E-state index < -0.39 is 9.84 Å². The van der Waals surface area contributed by atoms with Gasteiger partial charge in [-0.3, -0.25) is 0 Å². The van der Waals surface area contributed by atoms with Crippen molar-refractivity contribution in [2.24, 2.45) is 0 Å². The van der Waals surface area contributed by atoms with E-state index in [1.54, 1.807) is 0 Å². The molecule has 0 rings (SSSR count). The van der Waals surface area contributed by atoms with Gasteiger partial charge in [-0.1, -0.05) is 6.92 Å². The Labute approximate surface area is 38.1 Å². The van der Waals surface area contributed by atoms with Crippen molar-refractivity contribution in [3.05, 3.63) is 6.26 Å². The first-order chi connectivity index (χ1) is 2.56. The van der Waals surface area contributed by atoms with Crippen molar-refractivity contribution in [3.63, 3.8) is 0 Å². The highest BCUT2D eigenvalue weighted by Crippen LogP contribution is 1.79. The first kappa shape index (κ1) is 5.95. The predicted molar refractivity (Wildman–Crippen MR) is 23.8 cm³/mol. The standard InChI is InChI=1S/C3H6O2S/c1-3-6(2,4)5/h2H,3H2,1H3. The van der Waals surface area contributed by atoms with Gasteiger partial charge in [-0.05, 0) is 0 Å². The predicted octanol–water partition coefficient (Wildman–Crippen LogP) is 0.0897. The molecule has 0 spiro atoms. The molecular formula is C3H6O2S. The van der Waals surface area contributed by atoms with Crippen molar-refractivity contribution >= 4 is 9.84 Å². The lowest BCUT2D eigenvalue weighted by Crippen LogP contribution is -1.93. The van der Waals surface area contributed by atoms with Gasteiger partial charge in [0, 0.05) is 5.75 Å². The zero-order chi connectivity index (χ0) is 5.21. The quantitative estimate of drug-likeness (QED) is 0.474. The molecule has 0 atom stereocenters. The number of hydrogen-bond donors (Lipinski definition) is 0. The highest BCUT2D eigenvalue weighted by atomic mass is 32.2. The van der Waals surface area contributed by atoms with E-state index in [0.717, 1.165) is 0 Å². The van der Waals surface area contributed by atoms with Crippen molar-refractivity contribution < 1.29 is 8.42 Å². The summed E-state index contributed by atoms with van der Waals surface area (Å²) in [6.45, 7) is 1.50. The molecular weight excluding hydrogens is 100 g/mol. The van der Waals surface area contributed by atoms with E-state index in [4.69, 9.17) is 0 Å². The Kier molecular flexibility index (Phi) is 1.59. The second kappa shape index (κ2) is 1.60. The zero-order valence-corrected chi connectivity index (χ0v) is 4.33. The summed E-state index contributed by atoms with van der Waals surface area (Å²) in [6, 6.07) is 0. The van der Waals surface area contributed by atoms with Crippen molar-refractivity contribution in [2.75, 3.05) is 5.75 Å². The third kappa shape index (κ3) is 3.95. The summed E-state index contributed by atoms with van der Waals surface area (Å²) in [4.78, 5) is 0. The molecule has 6 heavy (non-hydrogen) atoms. The molecule has 0 unspecified atom stereocenters. The van der Waals surface area contributed by atoms with Gasteiger partial charge < -0.3 is 0 Å². The summed E-state index contributed by atoms with van der Waals surface area (Å²) in [5.74, 6) is 0.0208. The van der Waals surface area contributed by atoms with E-state index >= 15 is 0 Å². The summed E-state index contributed by atoms with van der Waals surface area (Å²) in [7, 11) is -3.16. The average Bonchev–Trinajstić information content (AvgIpc) is 1.35. The lowest BCUT2D eigenvalue weighted by molar-refractivity contribution is 0.605. The van der Waals surface area contributed by atoms with Gasteiger partial charge in [0.2, 0.25) is 0 Å². The number of hydrogen-bond acceptors (Lipinski definition) is 2.